The quantitative estimate of drug-likeness (QED) is 0.767. The maximum absolute atomic E-state index is 13.3. The van der Waals surface area contributed by atoms with E-state index in [-0.39, 0.29) is 36.5 Å². The fourth-order valence-electron chi connectivity index (χ4n) is 4.64. The summed E-state index contributed by atoms with van der Waals surface area (Å²) in [6, 6.07) is 3.19. The lowest BCUT2D eigenvalue weighted by molar-refractivity contribution is -0.132. The summed E-state index contributed by atoms with van der Waals surface area (Å²) in [5, 5.41) is 12.9. The zero-order valence-electron chi connectivity index (χ0n) is 16.3. The van der Waals surface area contributed by atoms with Crippen molar-refractivity contribution in [3.05, 3.63) is 63.1 Å². The van der Waals surface area contributed by atoms with E-state index in [9.17, 15) is 28.3 Å². The predicted octanol–water partition coefficient (Wildman–Crippen LogP) is 1.50. The van der Waals surface area contributed by atoms with Gasteiger partial charge in [0.1, 0.15) is 5.56 Å². The molecule has 2 N–H and O–H groups in total. The van der Waals surface area contributed by atoms with Gasteiger partial charge in [0.25, 0.3) is 11.8 Å². The van der Waals surface area contributed by atoms with Crippen LogP contribution in [0, 0.1) is 11.6 Å². The van der Waals surface area contributed by atoms with E-state index in [1.807, 2.05) is 0 Å². The summed E-state index contributed by atoms with van der Waals surface area (Å²) in [5.41, 5.74) is -1.19. The van der Waals surface area contributed by atoms with Crippen LogP contribution in [-0.4, -0.2) is 44.8 Å². The first kappa shape index (κ1) is 19.7. The molecule has 2 aromatic rings. The van der Waals surface area contributed by atoms with Crippen molar-refractivity contribution in [3.63, 3.8) is 0 Å². The number of benzene rings is 1. The Balaban J connectivity index is 1.42. The number of nitrogens with zero attached hydrogens (tertiary/aromatic N) is 2. The van der Waals surface area contributed by atoms with E-state index in [0.717, 1.165) is 31.4 Å². The van der Waals surface area contributed by atoms with Crippen LogP contribution in [-0.2, 0) is 17.8 Å². The largest absolute Gasteiger partial charge is 0.503 e. The number of rotatable bonds is 3. The van der Waals surface area contributed by atoms with Crippen LogP contribution < -0.4 is 10.7 Å². The van der Waals surface area contributed by atoms with Crippen LogP contribution in [0.5, 0.6) is 5.75 Å². The highest BCUT2D eigenvalue weighted by Gasteiger charge is 2.47. The molecule has 5 rings (SSSR count). The van der Waals surface area contributed by atoms with Crippen LogP contribution in [0.1, 0.15) is 45.7 Å². The molecule has 2 aliphatic heterocycles. The number of halogens is 2. The lowest BCUT2D eigenvalue weighted by Gasteiger charge is -2.44. The fraction of sp³-hybridized carbons (Fsp3) is 0.381. The lowest BCUT2D eigenvalue weighted by Crippen LogP contribution is -2.57. The summed E-state index contributed by atoms with van der Waals surface area (Å²) in [4.78, 5) is 39.8. The van der Waals surface area contributed by atoms with Gasteiger partial charge in [0, 0.05) is 18.8 Å². The Morgan fingerprint density at radius 3 is 2.81 bits per heavy atom. The van der Waals surface area contributed by atoms with Crippen molar-refractivity contribution in [2.75, 3.05) is 0 Å². The van der Waals surface area contributed by atoms with Gasteiger partial charge >= 0.3 is 0 Å². The number of aromatic hydroxyl groups is 1. The van der Waals surface area contributed by atoms with Gasteiger partial charge in [-0.05, 0) is 37.0 Å². The molecule has 162 valence electrons. The van der Waals surface area contributed by atoms with E-state index >= 15 is 0 Å². The third-order valence-corrected chi connectivity index (χ3v) is 6.14. The normalized spacial score (nSPS) is 24.0. The summed E-state index contributed by atoms with van der Waals surface area (Å²) >= 11 is 0. The number of hydrogen-bond donors (Lipinski definition) is 2. The minimum Gasteiger partial charge on any atom is -0.503 e. The van der Waals surface area contributed by atoms with Crippen LogP contribution in [0.15, 0.2) is 29.2 Å². The number of nitrogens with one attached hydrogen (secondary N) is 1. The molecule has 0 unspecified atom stereocenters. The van der Waals surface area contributed by atoms with Gasteiger partial charge in [-0.15, -0.1) is 0 Å². The molecular formula is C21H19F2N3O5. The molecular weight excluding hydrogens is 412 g/mol. The molecule has 3 atom stereocenters. The first-order valence-electron chi connectivity index (χ1n) is 10.00. The minimum atomic E-state index is -1.05. The van der Waals surface area contributed by atoms with Gasteiger partial charge < -0.3 is 24.6 Å². The highest BCUT2D eigenvalue weighted by Crippen LogP contribution is 2.38. The summed E-state index contributed by atoms with van der Waals surface area (Å²) in [7, 11) is 0. The van der Waals surface area contributed by atoms with E-state index in [4.69, 9.17) is 4.74 Å². The number of amides is 2. The van der Waals surface area contributed by atoms with Gasteiger partial charge in [0.2, 0.25) is 5.43 Å². The molecule has 1 aromatic heterocycles. The van der Waals surface area contributed by atoms with Gasteiger partial charge in [0.05, 0.1) is 12.6 Å². The molecule has 1 saturated carbocycles. The number of hydrogen-bond acceptors (Lipinski definition) is 5. The van der Waals surface area contributed by atoms with Crippen molar-refractivity contribution in [2.45, 2.75) is 50.7 Å². The Morgan fingerprint density at radius 2 is 2.03 bits per heavy atom. The second-order valence-electron chi connectivity index (χ2n) is 8.04. The van der Waals surface area contributed by atoms with Gasteiger partial charge in [-0.2, -0.15) is 0 Å². The molecule has 10 heteroatoms. The van der Waals surface area contributed by atoms with Crippen LogP contribution >= 0.6 is 0 Å². The topological polar surface area (TPSA) is 101 Å². The highest BCUT2D eigenvalue weighted by atomic mass is 19.2. The van der Waals surface area contributed by atoms with Gasteiger partial charge in [0.15, 0.2) is 29.3 Å². The Bertz CT molecular complexity index is 1160. The smallest absolute Gasteiger partial charge is 0.276 e. The summed E-state index contributed by atoms with van der Waals surface area (Å²) < 4.78 is 33.7. The molecule has 0 spiro atoms. The zero-order chi connectivity index (χ0) is 21.9. The van der Waals surface area contributed by atoms with E-state index in [0.29, 0.717) is 5.56 Å². The number of pyridine rings is 1. The molecule has 3 aliphatic rings. The Kier molecular flexibility index (Phi) is 4.54. The van der Waals surface area contributed by atoms with Crippen LogP contribution in [0.2, 0.25) is 0 Å². The number of ether oxygens (including phenoxy) is 1. The molecule has 1 saturated heterocycles. The van der Waals surface area contributed by atoms with Crippen LogP contribution in [0.4, 0.5) is 8.78 Å². The zero-order valence-corrected chi connectivity index (χ0v) is 16.3. The van der Waals surface area contributed by atoms with Gasteiger partial charge in [-0.3, -0.25) is 14.4 Å². The first-order valence-corrected chi connectivity index (χ1v) is 10.00. The van der Waals surface area contributed by atoms with Crippen molar-refractivity contribution >= 4 is 11.8 Å². The van der Waals surface area contributed by atoms with Gasteiger partial charge in [-0.25, -0.2) is 8.78 Å². The molecule has 0 radical (unpaired) electrons. The predicted molar refractivity (Wildman–Crippen MR) is 102 cm³/mol. The number of carbonyl (C=O) groups is 2. The summed E-state index contributed by atoms with van der Waals surface area (Å²) in [6.07, 6.45) is 3.17. The maximum Gasteiger partial charge on any atom is 0.276 e. The molecule has 31 heavy (non-hydrogen) atoms. The fourth-order valence-corrected chi connectivity index (χ4v) is 4.64. The summed E-state index contributed by atoms with van der Waals surface area (Å²) in [5.74, 6) is -4.15. The number of aromatic nitrogens is 1. The Morgan fingerprint density at radius 1 is 1.23 bits per heavy atom. The van der Waals surface area contributed by atoms with Crippen molar-refractivity contribution in [2.24, 2.45) is 0 Å². The number of carbonyl (C=O) groups excluding carboxylic acids is 2. The Hall–Kier alpha value is -3.27. The first-order chi connectivity index (χ1) is 14.8. The molecule has 1 aromatic carbocycles. The third-order valence-electron chi connectivity index (χ3n) is 6.14. The second kappa shape index (κ2) is 7.16. The Labute approximate surface area is 175 Å². The van der Waals surface area contributed by atoms with E-state index in [2.05, 4.69) is 5.32 Å². The van der Waals surface area contributed by atoms with Gasteiger partial charge in [-0.1, -0.05) is 6.07 Å². The second-order valence-corrected chi connectivity index (χ2v) is 8.04. The van der Waals surface area contributed by atoms with Crippen molar-refractivity contribution < 1.29 is 28.2 Å². The maximum atomic E-state index is 13.3. The molecule has 3 heterocycles. The van der Waals surface area contributed by atoms with Crippen molar-refractivity contribution in [1.29, 1.82) is 0 Å². The summed E-state index contributed by atoms with van der Waals surface area (Å²) in [6.45, 7) is 0.0329. The van der Waals surface area contributed by atoms with Crippen molar-refractivity contribution in [3.8, 4) is 5.75 Å². The van der Waals surface area contributed by atoms with Crippen LogP contribution in [0.25, 0.3) is 0 Å². The third kappa shape index (κ3) is 3.18. The standard InChI is InChI=1S/C21H19F2N3O5/c22-14-4-1-10(5-15(14)23)7-24-20(29)13-8-25-9-16-26(11-2-3-12(6-11)31-16)21(30)17(25)19(28)18(13)27/h1,4-5,8,11-12,16,28H,2-3,6-7,9H2,(H,24,29)/t11-,12+,16+/m1/s1. The molecule has 2 bridgehead atoms. The SMILES string of the molecule is O=C(NCc1ccc(F)c(F)c1)c1cn2c(c(O)c1=O)C(=O)N1[C@@H]3CC[C@@H](C3)O[C@H]1C2. The molecule has 2 amide bonds. The highest BCUT2D eigenvalue weighted by molar-refractivity contribution is 5.99. The van der Waals surface area contributed by atoms with E-state index in [1.54, 1.807) is 4.90 Å². The monoisotopic (exact) mass is 431 g/mol. The van der Waals surface area contributed by atoms with E-state index in [1.165, 1.54) is 16.8 Å². The minimum absolute atomic E-state index is 0.0126. The average Bonchev–Trinajstić information content (AvgIpc) is 3.11. The van der Waals surface area contributed by atoms with E-state index < -0.39 is 40.9 Å². The van der Waals surface area contributed by atoms with Crippen molar-refractivity contribution in [1.82, 2.24) is 14.8 Å². The number of fused-ring (bicyclic) bond motifs is 5. The molecule has 2 fully saturated rings. The average molecular weight is 431 g/mol. The lowest BCUT2D eigenvalue weighted by atomic mass is 10.1. The van der Waals surface area contributed by atoms with Crippen LogP contribution in [0.3, 0.4) is 0 Å². The molecule has 1 aliphatic carbocycles. The molecule has 8 nitrogen and oxygen atoms in total.